The second kappa shape index (κ2) is 5.41. The Balaban J connectivity index is 1.66. The van der Waals surface area contributed by atoms with Crippen LogP contribution in [0, 0.1) is 0 Å². The van der Waals surface area contributed by atoms with Crippen LogP contribution in [-0.4, -0.2) is 51.9 Å². The zero-order valence-corrected chi connectivity index (χ0v) is 11.6. The van der Waals surface area contributed by atoms with Gasteiger partial charge in [0.1, 0.15) is 0 Å². The third kappa shape index (κ3) is 2.42. The third-order valence-electron chi connectivity index (χ3n) is 3.19. The largest absolute Gasteiger partial charge is 0.382 e. The van der Waals surface area contributed by atoms with Gasteiger partial charge in [-0.1, -0.05) is 0 Å². The Kier molecular flexibility index (Phi) is 3.46. The average molecular weight is 290 g/mol. The summed E-state index contributed by atoms with van der Waals surface area (Å²) in [6, 6.07) is 0. The van der Waals surface area contributed by atoms with Gasteiger partial charge in [0.15, 0.2) is 16.6 Å². The van der Waals surface area contributed by atoms with Crippen molar-refractivity contribution in [3.63, 3.8) is 0 Å². The maximum Gasteiger partial charge on any atom is 0.276 e. The molecule has 0 spiro atoms. The number of aromatic nitrogens is 3. The number of piperazine rings is 1. The maximum absolute atomic E-state index is 12.3. The number of nitrogens with two attached hydrogens (primary N) is 1. The lowest BCUT2D eigenvalue weighted by atomic mass is 10.3. The molecule has 8 heteroatoms. The summed E-state index contributed by atoms with van der Waals surface area (Å²) in [5, 5.41) is 2.95. The normalized spacial score (nSPS) is 15.4. The minimum Gasteiger partial charge on any atom is -0.382 e. The Morgan fingerprint density at radius 3 is 2.50 bits per heavy atom. The van der Waals surface area contributed by atoms with Crippen LogP contribution >= 0.6 is 11.3 Å². The average Bonchev–Trinajstić information content (AvgIpc) is 3.01. The second-order valence-corrected chi connectivity index (χ2v) is 5.26. The van der Waals surface area contributed by atoms with Crippen molar-refractivity contribution in [1.82, 2.24) is 19.9 Å². The fourth-order valence-corrected chi connectivity index (χ4v) is 2.83. The van der Waals surface area contributed by atoms with Crippen LogP contribution in [0.5, 0.6) is 0 Å². The lowest BCUT2D eigenvalue weighted by molar-refractivity contribution is 0.0741. The molecule has 1 saturated heterocycles. The molecule has 2 N–H and O–H groups in total. The van der Waals surface area contributed by atoms with Gasteiger partial charge in [0.25, 0.3) is 5.91 Å². The molecule has 2 aromatic heterocycles. The number of nitrogen functional groups attached to an aromatic ring is 1. The molecule has 0 bridgehead atoms. The van der Waals surface area contributed by atoms with Crippen LogP contribution < -0.4 is 10.6 Å². The molecule has 104 valence electrons. The minimum absolute atomic E-state index is 0.158. The first-order valence-electron chi connectivity index (χ1n) is 6.26. The highest BCUT2D eigenvalue weighted by atomic mass is 32.1. The molecule has 0 aromatic carbocycles. The summed E-state index contributed by atoms with van der Waals surface area (Å²) in [6.45, 7) is 2.79. The van der Waals surface area contributed by atoms with E-state index in [2.05, 4.69) is 19.9 Å². The molecule has 0 unspecified atom stereocenters. The number of nitrogens with zero attached hydrogens (tertiary/aromatic N) is 5. The molecule has 2 aromatic rings. The lowest BCUT2D eigenvalue weighted by Crippen LogP contribution is -2.49. The van der Waals surface area contributed by atoms with Gasteiger partial charge < -0.3 is 15.5 Å². The van der Waals surface area contributed by atoms with Gasteiger partial charge in [-0.3, -0.25) is 4.79 Å². The van der Waals surface area contributed by atoms with Crippen LogP contribution in [0.4, 0.5) is 10.9 Å². The van der Waals surface area contributed by atoms with Gasteiger partial charge in [0.2, 0.25) is 0 Å². The van der Waals surface area contributed by atoms with Crippen molar-refractivity contribution in [2.75, 3.05) is 36.8 Å². The molecule has 0 atom stereocenters. The van der Waals surface area contributed by atoms with E-state index in [9.17, 15) is 4.79 Å². The SMILES string of the molecule is Nc1nccnc1C(=O)N1CCN(c2nccs2)CC1. The second-order valence-electron chi connectivity index (χ2n) is 4.38. The van der Waals surface area contributed by atoms with Crippen molar-refractivity contribution in [2.24, 2.45) is 0 Å². The first-order valence-corrected chi connectivity index (χ1v) is 7.14. The smallest absolute Gasteiger partial charge is 0.276 e. The molecule has 3 rings (SSSR count). The van der Waals surface area contributed by atoms with Crippen molar-refractivity contribution in [1.29, 1.82) is 0 Å². The number of thiazole rings is 1. The van der Waals surface area contributed by atoms with E-state index in [4.69, 9.17) is 5.73 Å². The van der Waals surface area contributed by atoms with Crippen LogP contribution in [0.15, 0.2) is 24.0 Å². The maximum atomic E-state index is 12.3. The minimum atomic E-state index is -0.158. The number of amides is 1. The first-order chi connectivity index (χ1) is 9.75. The molecule has 0 saturated carbocycles. The fraction of sp³-hybridized carbons (Fsp3) is 0.333. The Morgan fingerprint density at radius 2 is 1.85 bits per heavy atom. The van der Waals surface area contributed by atoms with E-state index in [-0.39, 0.29) is 17.4 Å². The molecular weight excluding hydrogens is 276 g/mol. The number of hydrogen-bond donors (Lipinski definition) is 1. The number of hydrogen-bond acceptors (Lipinski definition) is 7. The van der Waals surface area contributed by atoms with E-state index in [0.29, 0.717) is 13.1 Å². The van der Waals surface area contributed by atoms with Gasteiger partial charge in [-0.25, -0.2) is 15.0 Å². The Labute approximate surface area is 120 Å². The van der Waals surface area contributed by atoms with Gasteiger partial charge in [-0.05, 0) is 0 Å². The van der Waals surface area contributed by atoms with E-state index in [0.717, 1.165) is 18.2 Å². The Hall–Kier alpha value is -2.22. The van der Waals surface area contributed by atoms with Crippen molar-refractivity contribution in [3.8, 4) is 0 Å². The van der Waals surface area contributed by atoms with Gasteiger partial charge >= 0.3 is 0 Å². The zero-order valence-electron chi connectivity index (χ0n) is 10.8. The van der Waals surface area contributed by atoms with Gasteiger partial charge in [-0.2, -0.15) is 0 Å². The van der Waals surface area contributed by atoms with Crippen molar-refractivity contribution >= 4 is 28.2 Å². The molecule has 1 aliphatic heterocycles. The van der Waals surface area contributed by atoms with E-state index < -0.39 is 0 Å². The summed E-state index contributed by atoms with van der Waals surface area (Å²) in [4.78, 5) is 28.5. The fourth-order valence-electron chi connectivity index (χ4n) is 2.14. The van der Waals surface area contributed by atoms with Crippen LogP contribution in [0.3, 0.4) is 0 Å². The Morgan fingerprint density at radius 1 is 1.10 bits per heavy atom. The molecule has 20 heavy (non-hydrogen) atoms. The van der Waals surface area contributed by atoms with E-state index >= 15 is 0 Å². The molecular formula is C12H14N6OS. The highest BCUT2D eigenvalue weighted by Crippen LogP contribution is 2.19. The van der Waals surface area contributed by atoms with Crippen molar-refractivity contribution in [2.45, 2.75) is 0 Å². The molecule has 1 fully saturated rings. The number of carbonyl (C=O) groups excluding carboxylic acids is 1. The Bertz CT molecular complexity index is 594. The van der Waals surface area contributed by atoms with Crippen LogP contribution in [0.1, 0.15) is 10.5 Å². The topological polar surface area (TPSA) is 88.2 Å². The quantitative estimate of drug-likeness (QED) is 0.865. The van der Waals surface area contributed by atoms with E-state index in [1.165, 1.54) is 12.4 Å². The van der Waals surface area contributed by atoms with E-state index in [1.54, 1.807) is 22.4 Å². The van der Waals surface area contributed by atoms with Crippen molar-refractivity contribution in [3.05, 3.63) is 29.7 Å². The predicted molar refractivity (Wildman–Crippen MR) is 76.7 cm³/mol. The zero-order chi connectivity index (χ0) is 13.9. The number of carbonyl (C=O) groups is 1. The molecule has 7 nitrogen and oxygen atoms in total. The van der Waals surface area contributed by atoms with Gasteiger partial charge in [0, 0.05) is 50.1 Å². The summed E-state index contributed by atoms with van der Waals surface area (Å²) >= 11 is 1.61. The molecule has 1 amide bonds. The van der Waals surface area contributed by atoms with Crippen LogP contribution in [0.25, 0.3) is 0 Å². The molecule has 1 aliphatic rings. The highest BCUT2D eigenvalue weighted by molar-refractivity contribution is 7.13. The van der Waals surface area contributed by atoms with Crippen molar-refractivity contribution < 1.29 is 4.79 Å². The van der Waals surface area contributed by atoms with Crippen LogP contribution in [0.2, 0.25) is 0 Å². The van der Waals surface area contributed by atoms with E-state index in [1.807, 2.05) is 5.38 Å². The van der Waals surface area contributed by atoms with Gasteiger partial charge in [-0.15, -0.1) is 11.3 Å². The number of anilines is 2. The summed E-state index contributed by atoms with van der Waals surface area (Å²) in [6.07, 6.45) is 4.75. The highest BCUT2D eigenvalue weighted by Gasteiger charge is 2.25. The molecule has 0 radical (unpaired) electrons. The first kappa shape index (κ1) is 12.8. The third-order valence-corrected chi connectivity index (χ3v) is 4.02. The number of rotatable bonds is 2. The predicted octanol–water partition coefficient (Wildman–Crippen LogP) is 0.478. The van der Waals surface area contributed by atoms with Crippen LogP contribution in [-0.2, 0) is 0 Å². The summed E-state index contributed by atoms with van der Waals surface area (Å²) < 4.78 is 0. The molecule has 3 heterocycles. The lowest BCUT2D eigenvalue weighted by Gasteiger charge is -2.34. The summed E-state index contributed by atoms with van der Waals surface area (Å²) in [7, 11) is 0. The standard InChI is InChI=1S/C12H14N6OS/c13-10-9(14-1-2-15-10)11(19)17-4-6-18(7-5-17)12-16-3-8-20-12/h1-3,8H,4-7H2,(H2,13,15). The molecule has 0 aliphatic carbocycles. The summed E-state index contributed by atoms with van der Waals surface area (Å²) in [5.74, 6) is 0.0224. The van der Waals surface area contributed by atoms with Gasteiger partial charge in [0.05, 0.1) is 0 Å². The monoisotopic (exact) mass is 290 g/mol. The summed E-state index contributed by atoms with van der Waals surface area (Å²) in [5.41, 5.74) is 5.92.